The molecule has 9 nitrogen and oxygen atoms in total. The molecular weight excluding hydrogens is 338 g/mol. The summed E-state index contributed by atoms with van der Waals surface area (Å²) in [6.45, 7) is 0.718. The molecule has 1 aliphatic heterocycles. The van der Waals surface area contributed by atoms with E-state index in [0.717, 1.165) is 25.7 Å². The first-order valence-corrected chi connectivity index (χ1v) is 8.93. The number of aliphatic hydroxyl groups is 1. The molecule has 1 aliphatic carbocycles. The number of hydrogen-bond donors (Lipinski definition) is 2. The smallest absolute Gasteiger partial charge is 0.407 e. The summed E-state index contributed by atoms with van der Waals surface area (Å²) in [6.07, 6.45) is 5.72. The van der Waals surface area contributed by atoms with Gasteiger partial charge in [0.2, 0.25) is 0 Å². The van der Waals surface area contributed by atoms with Gasteiger partial charge in [0.15, 0.2) is 5.65 Å². The summed E-state index contributed by atoms with van der Waals surface area (Å²) in [5.74, 6) is 0. The lowest BCUT2D eigenvalue weighted by Gasteiger charge is -2.51. The van der Waals surface area contributed by atoms with E-state index >= 15 is 0 Å². The molecule has 2 fully saturated rings. The predicted octanol–water partition coefficient (Wildman–Crippen LogP) is 0.805. The van der Waals surface area contributed by atoms with Crippen molar-refractivity contribution in [3.05, 3.63) is 22.9 Å². The highest BCUT2D eigenvalue weighted by molar-refractivity contribution is 5.72. The van der Waals surface area contributed by atoms with E-state index in [9.17, 15) is 19.8 Å². The summed E-state index contributed by atoms with van der Waals surface area (Å²) in [5, 5.41) is 21.4. The number of amides is 1. The number of piperidine rings is 1. The standard InChI is InChI=1S/C17H23N5O4/c1-20-13-12(8-18-11-19-13)14(23)22(20)10-17(26)6-7-21(15(24)25)9-16(17)4-2-3-5-16/h8,11,26H,2-7,9-10H2,1H3,(H,24,25). The molecule has 1 spiro atoms. The lowest BCUT2D eigenvalue weighted by atomic mass is 9.66. The summed E-state index contributed by atoms with van der Waals surface area (Å²) in [6, 6.07) is 0. The minimum Gasteiger partial charge on any atom is -0.465 e. The molecule has 1 saturated heterocycles. The number of rotatable bonds is 2. The van der Waals surface area contributed by atoms with Crippen LogP contribution in [0, 0.1) is 5.41 Å². The third kappa shape index (κ3) is 2.33. The van der Waals surface area contributed by atoms with Crippen molar-refractivity contribution in [2.24, 2.45) is 12.5 Å². The Bertz CT molecular complexity index is 914. The van der Waals surface area contributed by atoms with Crippen LogP contribution in [0.25, 0.3) is 11.0 Å². The van der Waals surface area contributed by atoms with Crippen LogP contribution in [-0.2, 0) is 13.6 Å². The highest BCUT2D eigenvalue weighted by atomic mass is 16.4. The Morgan fingerprint density at radius 2 is 2.04 bits per heavy atom. The van der Waals surface area contributed by atoms with Crippen molar-refractivity contribution in [2.45, 2.75) is 44.2 Å². The molecule has 1 amide bonds. The fourth-order valence-electron chi connectivity index (χ4n) is 4.81. The molecule has 0 radical (unpaired) electrons. The molecule has 9 heteroatoms. The molecule has 2 aromatic rings. The number of likely N-dealkylation sites (tertiary alicyclic amines) is 1. The SMILES string of the molecule is Cn1c2ncncc2c(=O)n1CC1(O)CCN(C(=O)O)CC12CCCC2. The van der Waals surface area contributed by atoms with E-state index in [4.69, 9.17) is 0 Å². The molecular formula is C17H23N5O4. The number of fused-ring (bicyclic) bond motifs is 1. The van der Waals surface area contributed by atoms with Gasteiger partial charge in [-0.3, -0.25) is 9.48 Å². The van der Waals surface area contributed by atoms with E-state index in [2.05, 4.69) is 9.97 Å². The van der Waals surface area contributed by atoms with Crippen LogP contribution in [0.15, 0.2) is 17.3 Å². The zero-order valence-corrected chi connectivity index (χ0v) is 14.8. The maximum absolute atomic E-state index is 12.8. The monoisotopic (exact) mass is 361 g/mol. The van der Waals surface area contributed by atoms with Crippen LogP contribution < -0.4 is 5.56 Å². The third-order valence-electron chi connectivity index (χ3n) is 6.34. The normalized spacial score (nSPS) is 25.2. The van der Waals surface area contributed by atoms with Crippen molar-refractivity contribution in [1.29, 1.82) is 0 Å². The number of hydrogen-bond acceptors (Lipinski definition) is 5. The third-order valence-corrected chi connectivity index (χ3v) is 6.34. The van der Waals surface area contributed by atoms with Crippen LogP contribution in [0.2, 0.25) is 0 Å². The van der Waals surface area contributed by atoms with Crippen molar-refractivity contribution in [3.63, 3.8) is 0 Å². The van der Waals surface area contributed by atoms with Crippen LogP contribution in [0.1, 0.15) is 32.1 Å². The van der Waals surface area contributed by atoms with Gasteiger partial charge in [-0.15, -0.1) is 0 Å². The molecule has 140 valence electrons. The van der Waals surface area contributed by atoms with Crippen molar-refractivity contribution in [1.82, 2.24) is 24.2 Å². The molecule has 0 bridgehead atoms. The van der Waals surface area contributed by atoms with Crippen molar-refractivity contribution in [3.8, 4) is 0 Å². The Hall–Kier alpha value is -2.42. The summed E-state index contributed by atoms with van der Waals surface area (Å²) in [4.78, 5) is 33.7. The van der Waals surface area contributed by atoms with E-state index in [1.807, 2.05) is 0 Å². The van der Waals surface area contributed by atoms with Gasteiger partial charge in [-0.2, -0.15) is 0 Å². The van der Waals surface area contributed by atoms with Crippen molar-refractivity contribution in [2.75, 3.05) is 13.1 Å². The first-order valence-electron chi connectivity index (χ1n) is 8.93. The fraction of sp³-hybridized carbons (Fsp3) is 0.647. The Balaban J connectivity index is 1.75. The molecule has 1 saturated carbocycles. The quantitative estimate of drug-likeness (QED) is 0.818. The maximum Gasteiger partial charge on any atom is 0.407 e. The lowest BCUT2D eigenvalue weighted by molar-refractivity contribution is -0.139. The number of aromatic nitrogens is 4. The second-order valence-electron chi connectivity index (χ2n) is 7.62. The number of aryl methyl sites for hydroxylation is 1. The van der Waals surface area contributed by atoms with Gasteiger partial charge in [-0.05, 0) is 19.3 Å². The van der Waals surface area contributed by atoms with Crippen LogP contribution in [0.4, 0.5) is 4.79 Å². The molecule has 3 heterocycles. The Morgan fingerprint density at radius 3 is 2.69 bits per heavy atom. The second-order valence-corrected chi connectivity index (χ2v) is 7.62. The summed E-state index contributed by atoms with van der Waals surface area (Å²) in [7, 11) is 1.74. The molecule has 0 aromatic carbocycles. The lowest BCUT2D eigenvalue weighted by Crippen LogP contribution is -2.62. The van der Waals surface area contributed by atoms with E-state index in [1.54, 1.807) is 11.7 Å². The average Bonchev–Trinajstić information content (AvgIpc) is 3.18. The fourth-order valence-corrected chi connectivity index (χ4v) is 4.81. The van der Waals surface area contributed by atoms with Crippen LogP contribution >= 0.6 is 0 Å². The van der Waals surface area contributed by atoms with E-state index in [1.165, 1.54) is 22.1 Å². The largest absolute Gasteiger partial charge is 0.465 e. The topological polar surface area (TPSA) is 113 Å². The van der Waals surface area contributed by atoms with Gasteiger partial charge in [-0.25, -0.2) is 19.4 Å². The van der Waals surface area contributed by atoms with Crippen LogP contribution in [-0.4, -0.2) is 59.2 Å². The number of carboxylic acid groups (broad SMARTS) is 1. The highest BCUT2D eigenvalue weighted by Crippen LogP contribution is 2.51. The molecule has 2 aromatic heterocycles. The Labute approximate surface area is 149 Å². The molecule has 4 rings (SSSR count). The summed E-state index contributed by atoms with van der Waals surface area (Å²) >= 11 is 0. The molecule has 2 aliphatic rings. The first-order chi connectivity index (χ1) is 12.4. The average molecular weight is 361 g/mol. The second kappa shape index (κ2) is 5.80. The van der Waals surface area contributed by atoms with Crippen molar-refractivity contribution < 1.29 is 15.0 Å². The Kier molecular flexibility index (Phi) is 3.80. The first kappa shape index (κ1) is 17.0. The van der Waals surface area contributed by atoms with Crippen LogP contribution in [0.3, 0.4) is 0 Å². The molecule has 2 N–H and O–H groups in total. The maximum atomic E-state index is 12.8. The number of carbonyl (C=O) groups is 1. The van der Waals surface area contributed by atoms with Gasteiger partial charge in [0.1, 0.15) is 11.7 Å². The molecule has 1 atom stereocenters. The van der Waals surface area contributed by atoms with Crippen molar-refractivity contribution >= 4 is 17.1 Å². The van der Waals surface area contributed by atoms with Gasteiger partial charge in [0, 0.05) is 31.7 Å². The minimum absolute atomic E-state index is 0.131. The van der Waals surface area contributed by atoms with Crippen LogP contribution in [0.5, 0.6) is 0 Å². The Morgan fingerprint density at radius 1 is 1.31 bits per heavy atom. The van der Waals surface area contributed by atoms with Gasteiger partial charge in [-0.1, -0.05) is 12.8 Å². The summed E-state index contributed by atoms with van der Waals surface area (Å²) < 4.78 is 3.17. The predicted molar refractivity (Wildman–Crippen MR) is 92.8 cm³/mol. The van der Waals surface area contributed by atoms with E-state index < -0.39 is 17.1 Å². The highest BCUT2D eigenvalue weighted by Gasteiger charge is 2.56. The summed E-state index contributed by atoms with van der Waals surface area (Å²) in [5.41, 5.74) is -1.34. The zero-order chi connectivity index (χ0) is 18.5. The minimum atomic E-state index is -1.13. The number of nitrogens with zero attached hydrogens (tertiary/aromatic N) is 5. The van der Waals surface area contributed by atoms with Gasteiger partial charge in [0.05, 0.1) is 12.1 Å². The van der Waals surface area contributed by atoms with Gasteiger partial charge in [0.25, 0.3) is 5.56 Å². The van der Waals surface area contributed by atoms with E-state index in [0.29, 0.717) is 24.0 Å². The van der Waals surface area contributed by atoms with E-state index in [-0.39, 0.29) is 18.6 Å². The van der Waals surface area contributed by atoms with Gasteiger partial charge < -0.3 is 15.1 Å². The van der Waals surface area contributed by atoms with Gasteiger partial charge >= 0.3 is 6.09 Å². The molecule has 1 unspecified atom stereocenters. The zero-order valence-electron chi connectivity index (χ0n) is 14.8. The molecule has 26 heavy (non-hydrogen) atoms.